The second-order valence-corrected chi connectivity index (χ2v) is 3.39. The van der Waals surface area contributed by atoms with Crippen LogP contribution < -0.4 is 5.32 Å². The zero-order chi connectivity index (χ0) is 7.98. The maximum absolute atomic E-state index is 5.24. The Morgan fingerprint density at radius 3 is 2.20 bits per heavy atom. The van der Waals surface area contributed by atoms with Crippen molar-refractivity contribution < 1.29 is 0 Å². The van der Waals surface area contributed by atoms with Crippen molar-refractivity contribution in [1.82, 2.24) is 5.32 Å². The van der Waals surface area contributed by atoms with Gasteiger partial charge >= 0.3 is 0 Å². The Labute approximate surface area is 65.2 Å². The minimum Gasteiger partial charge on any atom is -0.308 e. The molecular formula is C9H19N. The number of hydrogen-bond acceptors (Lipinski definition) is 1. The molecule has 10 heavy (non-hydrogen) atoms. The summed E-state index contributed by atoms with van der Waals surface area (Å²) in [6.45, 7) is 6.61. The fourth-order valence-electron chi connectivity index (χ4n) is 0.916. The van der Waals surface area contributed by atoms with Gasteiger partial charge in [-0.15, -0.1) is 0 Å². The Kier molecular flexibility index (Phi) is 5.70. The third-order valence-electron chi connectivity index (χ3n) is 1.70. The van der Waals surface area contributed by atoms with Gasteiger partial charge in [0.15, 0.2) is 0 Å². The van der Waals surface area contributed by atoms with Crippen LogP contribution in [0.4, 0.5) is 0 Å². The standard InChI is InChI=1S/C9H19N/c1-8(2)6-5-7-9(3)10-4/h4,8-10H,5-7H2,1-3H3. The molecule has 0 saturated carbocycles. The zero-order valence-corrected chi connectivity index (χ0v) is 7.35. The van der Waals surface area contributed by atoms with Gasteiger partial charge in [-0.2, -0.15) is 0 Å². The second kappa shape index (κ2) is 5.72. The van der Waals surface area contributed by atoms with Crippen LogP contribution in [0.3, 0.4) is 0 Å². The van der Waals surface area contributed by atoms with Crippen molar-refractivity contribution in [3.05, 3.63) is 7.05 Å². The maximum Gasteiger partial charge on any atom is 0.0409 e. The molecule has 0 aromatic heterocycles. The SMILES string of the molecule is [CH]NC(C)CCCC(C)C. The lowest BCUT2D eigenvalue weighted by molar-refractivity contribution is 0.487. The van der Waals surface area contributed by atoms with E-state index in [0.29, 0.717) is 6.04 Å². The molecule has 0 fully saturated rings. The summed E-state index contributed by atoms with van der Waals surface area (Å²) in [6, 6.07) is 0.471. The Hall–Kier alpha value is -0.0400. The first kappa shape index (κ1) is 9.96. The molecule has 1 unspecified atom stereocenters. The van der Waals surface area contributed by atoms with Crippen LogP contribution in [-0.4, -0.2) is 6.04 Å². The molecular weight excluding hydrogens is 122 g/mol. The molecule has 1 N–H and O–H groups in total. The average molecular weight is 141 g/mol. The summed E-state index contributed by atoms with van der Waals surface area (Å²) in [5.41, 5.74) is 0. The summed E-state index contributed by atoms with van der Waals surface area (Å²) < 4.78 is 0. The van der Waals surface area contributed by atoms with Crippen molar-refractivity contribution in [3.8, 4) is 0 Å². The maximum atomic E-state index is 5.24. The highest BCUT2D eigenvalue weighted by atomic mass is 14.8. The van der Waals surface area contributed by atoms with E-state index in [-0.39, 0.29) is 0 Å². The quantitative estimate of drug-likeness (QED) is 0.580. The third kappa shape index (κ3) is 6.09. The van der Waals surface area contributed by atoms with Gasteiger partial charge in [0.1, 0.15) is 0 Å². The third-order valence-corrected chi connectivity index (χ3v) is 1.70. The topological polar surface area (TPSA) is 12.0 Å². The predicted octanol–water partition coefficient (Wildman–Crippen LogP) is 2.46. The predicted molar refractivity (Wildman–Crippen MR) is 45.6 cm³/mol. The van der Waals surface area contributed by atoms with Gasteiger partial charge in [0.25, 0.3) is 0 Å². The van der Waals surface area contributed by atoms with Crippen molar-refractivity contribution in [3.63, 3.8) is 0 Å². The molecule has 0 spiro atoms. The van der Waals surface area contributed by atoms with E-state index >= 15 is 0 Å². The highest BCUT2D eigenvalue weighted by molar-refractivity contribution is 4.59. The molecule has 0 heterocycles. The van der Waals surface area contributed by atoms with Gasteiger partial charge in [0.2, 0.25) is 0 Å². The molecule has 0 saturated heterocycles. The van der Waals surface area contributed by atoms with Crippen LogP contribution in [0.15, 0.2) is 0 Å². The van der Waals surface area contributed by atoms with E-state index in [1.807, 2.05) is 0 Å². The molecule has 1 nitrogen and oxygen atoms in total. The minimum absolute atomic E-state index is 0.471. The van der Waals surface area contributed by atoms with Crippen molar-refractivity contribution in [1.29, 1.82) is 0 Å². The molecule has 0 aromatic rings. The van der Waals surface area contributed by atoms with E-state index in [1.165, 1.54) is 19.3 Å². The van der Waals surface area contributed by atoms with Crippen LogP contribution in [0.25, 0.3) is 0 Å². The molecule has 2 radical (unpaired) electrons. The lowest BCUT2D eigenvalue weighted by Gasteiger charge is -2.09. The number of rotatable bonds is 5. The zero-order valence-electron chi connectivity index (χ0n) is 7.35. The fraction of sp³-hybridized carbons (Fsp3) is 0.889. The van der Waals surface area contributed by atoms with Gasteiger partial charge in [-0.25, -0.2) is 0 Å². The van der Waals surface area contributed by atoms with Crippen LogP contribution >= 0.6 is 0 Å². The largest absolute Gasteiger partial charge is 0.308 e. The average Bonchev–Trinajstić information content (AvgIpc) is 1.87. The van der Waals surface area contributed by atoms with Gasteiger partial charge in [-0.05, 0) is 19.3 Å². The van der Waals surface area contributed by atoms with Crippen LogP contribution in [0.2, 0.25) is 0 Å². The first-order chi connectivity index (χ1) is 4.66. The summed E-state index contributed by atoms with van der Waals surface area (Å²) in [5, 5.41) is 2.74. The minimum atomic E-state index is 0.471. The van der Waals surface area contributed by atoms with E-state index in [4.69, 9.17) is 7.05 Å². The van der Waals surface area contributed by atoms with E-state index in [0.717, 1.165) is 5.92 Å². The van der Waals surface area contributed by atoms with Gasteiger partial charge in [-0.3, -0.25) is 0 Å². The molecule has 0 aliphatic heterocycles. The molecule has 1 atom stereocenters. The van der Waals surface area contributed by atoms with Gasteiger partial charge in [0.05, 0.1) is 0 Å². The number of nitrogens with one attached hydrogen (secondary N) is 1. The smallest absolute Gasteiger partial charge is 0.0409 e. The molecule has 1 heteroatoms. The van der Waals surface area contributed by atoms with Crippen LogP contribution in [0, 0.1) is 13.0 Å². The fourth-order valence-corrected chi connectivity index (χ4v) is 0.916. The Balaban J connectivity index is 3.03. The molecule has 0 amide bonds. The van der Waals surface area contributed by atoms with Gasteiger partial charge in [0, 0.05) is 13.1 Å². The Morgan fingerprint density at radius 1 is 1.20 bits per heavy atom. The van der Waals surface area contributed by atoms with Gasteiger partial charge < -0.3 is 5.32 Å². The Bertz CT molecular complexity index is 69.1. The monoisotopic (exact) mass is 141 g/mol. The van der Waals surface area contributed by atoms with Gasteiger partial charge in [-0.1, -0.05) is 26.7 Å². The Morgan fingerprint density at radius 2 is 1.80 bits per heavy atom. The van der Waals surface area contributed by atoms with Crippen molar-refractivity contribution in [2.24, 2.45) is 5.92 Å². The van der Waals surface area contributed by atoms with Crippen molar-refractivity contribution >= 4 is 0 Å². The highest BCUT2D eigenvalue weighted by Gasteiger charge is 1.98. The first-order valence-electron chi connectivity index (χ1n) is 4.13. The second-order valence-electron chi connectivity index (χ2n) is 3.39. The highest BCUT2D eigenvalue weighted by Crippen LogP contribution is 2.07. The van der Waals surface area contributed by atoms with Crippen molar-refractivity contribution in [2.75, 3.05) is 0 Å². The molecule has 60 valence electrons. The summed E-state index contributed by atoms with van der Waals surface area (Å²) >= 11 is 0. The van der Waals surface area contributed by atoms with Crippen LogP contribution in [0.1, 0.15) is 40.0 Å². The number of hydrogen-bond donors (Lipinski definition) is 1. The molecule has 0 aliphatic rings. The van der Waals surface area contributed by atoms with E-state index in [9.17, 15) is 0 Å². The molecule has 0 aliphatic carbocycles. The lowest BCUT2D eigenvalue weighted by atomic mass is 10.0. The summed E-state index contributed by atoms with van der Waals surface area (Å²) in [7, 11) is 5.24. The molecule has 0 aromatic carbocycles. The summed E-state index contributed by atoms with van der Waals surface area (Å²) in [5.74, 6) is 0.824. The summed E-state index contributed by atoms with van der Waals surface area (Å²) in [4.78, 5) is 0. The normalized spacial score (nSPS) is 14.1. The lowest BCUT2D eigenvalue weighted by Crippen LogP contribution is -2.18. The summed E-state index contributed by atoms with van der Waals surface area (Å²) in [6.07, 6.45) is 3.78. The van der Waals surface area contributed by atoms with Crippen LogP contribution in [0.5, 0.6) is 0 Å². The van der Waals surface area contributed by atoms with Crippen LogP contribution in [-0.2, 0) is 0 Å². The first-order valence-corrected chi connectivity index (χ1v) is 4.13. The molecule has 0 rings (SSSR count). The van der Waals surface area contributed by atoms with E-state index in [1.54, 1.807) is 0 Å². The van der Waals surface area contributed by atoms with Crippen molar-refractivity contribution in [2.45, 2.75) is 46.1 Å². The van der Waals surface area contributed by atoms with E-state index in [2.05, 4.69) is 26.1 Å². The van der Waals surface area contributed by atoms with E-state index < -0.39 is 0 Å². The molecule has 0 bridgehead atoms.